The van der Waals surface area contributed by atoms with E-state index >= 15 is 0 Å². The standard InChI is InChI=1S/C19H13F3N4O2S/c1-11-24-25-16-7-4-13(8-26(11)16)18(27)28-9-15-10-29-17(23-15)12-2-5-14(6-3-12)19(20,21)22/h2-8,10H,9H2,1H3. The monoisotopic (exact) mass is 418 g/mol. The molecule has 4 rings (SSSR count). The highest BCUT2D eigenvalue weighted by molar-refractivity contribution is 7.13. The molecule has 0 N–H and O–H groups in total. The molecule has 29 heavy (non-hydrogen) atoms. The second-order valence-corrected chi connectivity index (χ2v) is 7.05. The van der Waals surface area contributed by atoms with Gasteiger partial charge in [-0.15, -0.1) is 21.5 Å². The Morgan fingerprint density at radius 1 is 1.14 bits per heavy atom. The van der Waals surface area contributed by atoms with Crippen LogP contribution in [0.15, 0.2) is 48.0 Å². The van der Waals surface area contributed by atoms with Gasteiger partial charge in [0.05, 0.1) is 16.8 Å². The van der Waals surface area contributed by atoms with Crippen LogP contribution in [-0.4, -0.2) is 25.6 Å². The minimum absolute atomic E-state index is 0.0465. The van der Waals surface area contributed by atoms with E-state index in [1.807, 2.05) is 0 Å². The SMILES string of the molecule is Cc1nnc2ccc(C(=O)OCc3csc(-c4ccc(C(F)(F)F)cc4)n3)cn12. The first-order valence-corrected chi connectivity index (χ1v) is 9.30. The van der Waals surface area contributed by atoms with E-state index in [4.69, 9.17) is 4.74 Å². The Labute approximate surface area is 166 Å². The van der Waals surface area contributed by atoms with Crippen molar-refractivity contribution < 1.29 is 22.7 Å². The Morgan fingerprint density at radius 3 is 2.62 bits per heavy atom. The maximum atomic E-state index is 12.7. The fourth-order valence-corrected chi connectivity index (χ4v) is 3.47. The summed E-state index contributed by atoms with van der Waals surface area (Å²) in [6.45, 7) is 1.72. The topological polar surface area (TPSA) is 69.4 Å². The highest BCUT2D eigenvalue weighted by atomic mass is 32.1. The average molecular weight is 418 g/mol. The third-order valence-corrected chi connectivity index (χ3v) is 5.11. The van der Waals surface area contributed by atoms with Gasteiger partial charge in [0.1, 0.15) is 17.4 Å². The number of thiazole rings is 1. The lowest BCUT2D eigenvalue weighted by atomic mass is 10.1. The van der Waals surface area contributed by atoms with Crippen LogP contribution in [0.2, 0.25) is 0 Å². The van der Waals surface area contributed by atoms with E-state index in [0.717, 1.165) is 12.1 Å². The first-order chi connectivity index (χ1) is 13.8. The van der Waals surface area contributed by atoms with Crippen molar-refractivity contribution in [2.75, 3.05) is 0 Å². The van der Waals surface area contributed by atoms with E-state index in [9.17, 15) is 18.0 Å². The summed E-state index contributed by atoms with van der Waals surface area (Å²) < 4.78 is 45.0. The number of hydrogen-bond acceptors (Lipinski definition) is 6. The number of carbonyl (C=O) groups excluding carboxylic acids is 1. The molecule has 3 aromatic heterocycles. The Morgan fingerprint density at radius 2 is 1.90 bits per heavy atom. The first kappa shape index (κ1) is 19.1. The van der Waals surface area contributed by atoms with Crippen molar-refractivity contribution in [2.45, 2.75) is 19.7 Å². The maximum absolute atomic E-state index is 12.7. The van der Waals surface area contributed by atoms with Gasteiger partial charge in [-0.2, -0.15) is 13.2 Å². The summed E-state index contributed by atoms with van der Waals surface area (Å²) in [5.41, 5.74) is 1.33. The van der Waals surface area contributed by atoms with Crippen LogP contribution in [-0.2, 0) is 17.5 Å². The number of aromatic nitrogens is 4. The molecule has 0 fully saturated rings. The Kier molecular flexibility index (Phi) is 4.79. The average Bonchev–Trinajstić information content (AvgIpc) is 3.32. The summed E-state index contributed by atoms with van der Waals surface area (Å²) in [6.07, 6.45) is -2.78. The van der Waals surface area contributed by atoms with Crippen molar-refractivity contribution in [3.63, 3.8) is 0 Å². The first-order valence-electron chi connectivity index (χ1n) is 8.42. The molecule has 10 heteroatoms. The van der Waals surface area contributed by atoms with Crippen molar-refractivity contribution in [3.8, 4) is 10.6 Å². The van der Waals surface area contributed by atoms with Gasteiger partial charge in [-0.1, -0.05) is 12.1 Å². The van der Waals surface area contributed by atoms with Gasteiger partial charge in [0.2, 0.25) is 0 Å². The predicted molar refractivity (Wildman–Crippen MR) is 99.4 cm³/mol. The number of ether oxygens (including phenoxy) is 1. The molecule has 0 aliphatic rings. The van der Waals surface area contributed by atoms with E-state index in [2.05, 4.69) is 15.2 Å². The molecular formula is C19H13F3N4O2S. The molecule has 0 radical (unpaired) electrons. The van der Waals surface area contributed by atoms with Gasteiger partial charge in [-0.25, -0.2) is 9.78 Å². The summed E-state index contributed by atoms with van der Waals surface area (Å²) in [4.78, 5) is 16.6. The number of halogens is 3. The van der Waals surface area contributed by atoms with Crippen LogP contribution >= 0.6 is 11.3 Å². The zero-order chi connectivity index (χ0) is 20.6. The van der Waals surface area contributed by atoms with Crippen molar-refractivity contribution in [1.29, 1.82) is 0 Å². The van der Waals surface area contributed by atoms with Crippen molar-refractivity contribution in [3.05, 3.63) is 70.6 Å². The molecule has 0 saturated carbocycles. The van der Waals surface area contributed by atoms with Crippen LogP contribution in [0.3, 0.4) is 0 Å². The molecule has 6 nitrogen and oxygen atoms in total. The Hall–Kier alpha value is -3.27. The normalized spacial score (nSPS) is 11.7. The molecule has 3 heterocycles. The summed E-state index contributed by atoms with van der Waals surface area (Å²) in [5, 5.41) is 10.1. The van der Waals surface area contributed by atoms with E-state index in [1.165, 1.54) is 23.5 Å². The van der Waals surface area contributed by atoms with Crippen molar-refractivity contribution in [1.82, 2.24) is 19.6 Å². The summed E-state index contributed by atoms with van der Waals surface area (Å²) in [5.74, 6) is 0.124. The predicted octanol–water partition coefficient (Wildman–Crippen LogP) is 4.54. The molecule has 0 unspecified atom stereocenters. The van der Waals surface area contributed by atoms with Crippen LogP contribution in [0.25, 0.3) is 16.2 Å². The number of aryl methyl sites for hydroxylation is 1. The van der Waals surface area contributed by atoms with E-state index < -0.39 is 17.7 Å². The van der Waals surface area contributed by atoms with Crippen molar-refractivity contribution in [2.24, 2.45) is 0 Å². The van der Waals surface area contributed by atoms with Crippen LogP contribution in [0.5, 0.6) is 0 Å². The molecule has 0 amide bonds. The molecular weight excluding hydrogens is 405 g/mol. The summed E-state index contributed by atoms with van der Waals surface area (Å²) in [6, 6.07) is 8.03. The molecule has 0 aliphatic carbocycles. The third-order valence-electron chi connectivity index (χ3n) is 4.17. The fraction of sp³-hybridized carbons (Fsp3) is 0.158. The van der Waals surface area contributed by atoms with Gasteiger partial charge >= 0.3 is 12.1 Å². The number of alkyl halides is 3. The lowest BCUT2D eigenvalue weighted by Crippen LogP contribution is -2.07. The van der Waals surface area contributed by atoms with E-state index in [1.54, 1.807) is 35.0 Å². The molecule has 0 atom stereocenters. The quantitative estimate of drug-likeness (QED) is 0.455. The summed E-state index contributed by atoms with van der Waals surface area (Å²) in [7, 11) is 0. The molecule has 4 aromatic rings. The third kappa shape index (κ3) is 3.97. The maximum Gasteiger partial charge on any atom is 0.416 e. The Balaban J connectivity index is 1.43. The minimum Gasteiger partial charge on any atom is -0.456 e. The molecule has 0 spiro atoms. The zero-order valence-corrected chi connectivity index (χ0v) is 15.8. The number of pyridine rings is 1. The highest BCUT2D eigenvalue weighted by Gasteiger charge is 2.30. The van der Waals surface area contributed by atoms with Gasteiger partial charge in [-0.3, -0.25) is 4.40 Å². The number of carbonyl (C=O) groups is 1. The minimum atomic E-state index is -4.38. The summed E-state index contributed by atoms with van der Waals surface area (Å²) >= 11 is 1.26. The lowest BCUT2D eigenvalue weighted by Gasteiger charge is -2.06. The van der Waals surface area contributed by atoms with Gasteiger partial charge in [0.25, 0.3) is 0 Å². The molecule has 148 valence electrons. The fourth-order valence-electron chi connectivity index (χ4n) is 2.66. The number of fused-ring (bicyclic) bond motifs is 1. The van der Waals surface area contributed by atoms with Gasteiger partial charge < -0.3 is 4.74 Å². The number of benzene rings is 1. The second kappa shape index (κ2) is 7.28. The van der Waals surface area contributed by atoms with Crippen molar-refractivity contribution >= 4 is 23.0 Å². The van der Waals surface area contributed by atoms with Crippen LogP contribution < -0.4 is 0 Å². The number of nitrogens with zero attached hydrogens (tertiary/aromatic N) is 4. The second-order valence-electron chi connectivity index (χ2n) is 6.19. The molecule has 0 aliphatic heterocycles. The number of hydrogen-bond donors (Lipinski definition) is 0. The Bertz CT molecular complexity index is 1180. The number of rotatable bonds is 4. The van der Waals surface area contributed by atoms with Crippen LogP contribution in [0.4, 0.5) is 13.2 Å². The van der Waals surface area contributed by atoms with Gasteiger partial charge in [0, 0.05) is 17.1 Å². The van der Waals surface area contributed by atoms with E-state index in [-0.39, 0.29) is 6.61 Å². The molecule has 0 saturated heterocycles. The smallest absolute Gasteiger partial charge is 0.416 e. The number of esters is 1. The molecule has 0 bridgehead atoms. The van der Waals surface area contributed by atoms with Gasteiger partial charge in [0.15, 0.2) is 5.65 Å². The largest absolute Gasteiger partial charge is 0.456 e. The lowest BCUT2D eigenvalue weighted by molar-refractivity contribution is -0.137. The molecule has 1 aromatic carbocycles. The van der Waals surface area contributed by atoms with Crippen LogP contribution in [0.1, 0.15) is 27.4 Å². The van der Waals surface area contributed by atoms with Gasteiger partial charge in [-0.05, 0) is 31.2 Å². The van der Waals surface area contributed by atoms with Crippen LogP contribution in [0, 0.1) is 6.92 Å². The van der Waals surface area contributed by atoms with E-state index in [0.29, 0.717) is 33.3 Å². The zero-order valence-electron chi connectivity index (χ0n) is 15.0. The highest BCUT2D eigenvalue weighted by Crippen LogP contribution is 2.31.